The Morgan fingerprint density at radius 1 is 1.14 bits per heavy atom. The van der Waals surface area contributed by atoms with Crippen LogP contribution in [0.1, 0.15) is 47.2 Å². The molecule has 2 aromatic heterocycles. The van der Waals surface area contributed by atoms with Crippen LogP contribution in [-0.4, -0.2) is 43.7 Å². The summed E-state index contributed by atoms with van der Waals surface area (Å²) in [5.74, 6) is 2.39. The molecule has 0 bridgehead atoms. The van der Waals surface area contributed by atoms with E-state index in [1.165, 1.54) is 4.90 Å². The van der Waals surface area contributed by atoms with Crippen molar-refractivity contribution in [2.45, 2.75) is 39.8 Å². The summed E-state index contributed by atoms with van der Waals surface area (Å²) >= 11 is 0. The number of aromatic amines is 1. The van der Waals surface area contributed by atoms with E-state index in [1.807, 2.05) is 31.2 Å². The number of ether oxygens (including phenoxy) is 2. The highest BCUT2D eigenvalue weighted by Gasteiger charge is 2.24. The first-order valence-electron chi connectivity index (χ1n) is 13.0. The van der Waals surface area contributed by atoms with Crippen molar-refractivity contribution in [2.75, 3.05) is 38.2 Å². The Morgan fingerprint density at radius 3 is 2.76 bits per heavy atom. The number of amides is 1. The van der Waals surface area contributed by atoms with Crippen LogP contribution in [0.5, 0.6) is 5.75 Å². The quantitative estimate of drug-likeness (QED) is 0.306. The van der Waals surface area contributed by atoms with Crippen molar-refractivity contribution < 1.29 is 28.2 Å². The largest absolute Gasteiger partial charge is 0.485 e. The van der Waals surface area contributed by atoms with Gasteiger partial charge in [0.1, 0.15) is 55.3 Å². The monoisotopic (exact) mass is 504 g/mol. The fraction of sp³-hybridized carbons (Fsp3) is 0.379. The molecule has 37 heavy (non-hydrogen) atoms. The van der Waals surface area contributed by atoms with Gasteiger partial charge < -0.3 is 18.8 Å². The molecule has 2 aromatic carbocycles. The van der Waals surface area contributed by atoms with Gasteiger partial charge in [-0.3, -0.25) is 0 Å². The lowest BCUT2D eigenvalue weighted by Crippen LogP contribution is -3.14. The van der Waals surface area contributed by atoms with Crippen molar-refractivity contribution in [1.82, 2.24) is 4.98 Å². The summed E-state index contributed by atoms with van der Waals surface area (Å²) in [5, 5.41) is 3.02. The molecule has 8 nitrogen and oxygen atoms in total. The molecule has 0 spiro atoms. The molecular formula is C29H36N4O4+2. The minimum absolute atomic E-state index is 0.246. The predicted octanol–water partition coefficient (Wildman–Crippen LogP) is 3.23. The van der Waals surface area contributed by atoms with Gasteiger partial charge in [0.25, 0.3) is 0 Å². The number of aromatic nitrogens is 2. The number of anilines is 1. The summed E-state index contributed by atoms with van der Waals surface area (Å²) in [5.41, 5.74) is 4.32. The smallest absolute Gasteiger partial charge is 0.363 e. The van der Waals surface area contributed by atoms with Crippen molar-refractivity contribution in [2.24, 2.45) is 0 Å². The van der Waals surface area contributed by atoms with Crippen LogP contribution in [-0.2, 0) is 17.9 Å². The fourth-order valence-corrected chi connectivity index (χ4v) is 4.78. The number of fused-ring (bicyclic) bond motifs is 1. The highest BCUT2D eigenvalue weighted by Crippen LogP contribution is 2.28. The molecule has 5 rings (SSSR count). The average molecular weight is 505 g/mol. The second-order valence-electron chi connectivity index (χ2n) is 9.96. The number of benzene rings is 2. The molecule has 194 valence electrons. The number of furan rings is 1. The van der Waals surface area contributed by atoms with Crippen molar-refractivity contribution in [3.8, 4) is 5.75 Å². The third kappa shape index (κ3) is 5.87. The van der Waals surface area contributed by atoms with Gasteiger partial charge in [0.2, 0.25) is 5.76 Å². The second kappa shape index (κ2) is 11.2. The summed E-state index contributed by atoms with van der Waals surface area (Å²) in [7, 11) is 0. The number of quaternary nitrogens is 1. The van der Waals surface area contributed by atoms with Crippen LogP contribution in [0.3, 0.4) is 0 Å². The summed E-state index contributed by atoms with van der Waals surface area (Å²) < 4.78 is 19.6. The van der Waals surface area contributed by atoms with Crippen molar-refractivity contribution in [3.63, 3.8) is 0 Å². The molecule has 0 radical (unpaired) electrons. The number of hydrogen-bond acceptors (Lipinski definition) is 4. The molecule has 0 saturated carbocycles. The third-order valence-corrected chi connectivity index (χ3v) is 6.89. The minimum Gasteiger partial charge on any atom is -0.485 e. The van der Waals surface area contributed by atoms with Gasteiger partial charge in [0.15, 0.2) is 0 Å². The standard InChI is InChI=1S/C29H34N4O4/c1-20(2)23-10-8-21(3)18-27(23)36-19-22-9-11-26(37-22)28(34)31-29-30-24-6-4-5-7-25(24)33(29)13-12-32-14-16-35-17-15-32/h4-11,18,20H,12-17,19H2,1-3H3,(H,30,31,34)/p+2. The van der Waals surface area contributed by atoms with E-state index in [1.54, 1.807) is 12.1 Å². The van der Waals surface area contributed by atoms with Crippen LogP contribution in [0, 0.1) is 6.92 Å². The Morgan fingerprint density at radius 2 is 1.95 bits per heavy atom. The zero-order valence-corrected chi connectivity index (χ0v) is 21.8. The van der Waals surface area contributed by atoms with Gasteiger partial charge in [0, 0.05) is 0 Å². The molecule has 1 fully saturated rings. The molecule has 1 saturated heterocycles. The average Bonchev–Trinajstić information content (AvgIpc) is 3.51. The maximum Gasteiger partial charge on any atom is 0.363 e. The molecule has 1 aliphatic rings. The molecule has 3 N–H and O–H groups in total. The maximum atomic E-state index is 13.1. The normalized spacial score (nSPS) is 14.4. The molecule has 3 heterocycles. The molecule has 1 amide bonds. The van der Waals surface area contributed by atoms with Gasteiger partial charge in [-0.2, -0.15) is 0 Å². The van der Waals surface area contributed by atoms with Gasteiger partial charge in [0.05, 0.1) is 13.2 Å². The first-order chi connectivity index (χ1) is 18.0. The SMILES string of the molecule is Cc1ccc(C(C)C)c(OCc2ccc(C(=O)Nc3[nH]c4ccccc4[n+]3CC[NH+]3CCOCC3)o2)c1. The van der Waals surface area contributed by atoms with E-state index in [9.17, 15) is 4.79 Å². The van der Waals surface area contributed by atoms with E-state index in [4.69, 9.17) is 13.9 Å². The summed E-state index contributed by atoms with van der Waals surface area (Å²) in [6.45, 7) is 11.9. The predicted molar refractivity (Wildman–Crippen MR) is 141 cm³/mol. The van der Waals surface area contributed by atoms with Crippen molar-refractivity contribution in [1.29, 1.82) is 0 Å². The van der Waals surface area contributed by atoms with Gasteiger partial charge in [-0.15, -0.1) is 0 Å². The van der Waals surface area contributed by atoms with Crippen molar-refractivity contribution in [3.05, 3.63) is 77.2 Å². The van der Waals surface area contributed by atoms with Crippen LogP contribution in [0.15, 0.2) is 59.0 Å². The number of morpholine rings is 1. The minimum atomic E-state index is -0.302. The van der Waals surface area contributed by atoms with Crippen LogP contribution in [0.25, 0.3) is 11.0 Å². The van der Waals surface area contributed by atoms with Gasteiger partial charge >= 0.3 is 11.9 Å². The van der Waals surface area contributed by atoms with Gasteiger partial charge in [-0.1, -0.05) is 38.1 Å². The van der Waals surface area contributed by atoms with Crippen LogP contribution in [0.4, 0.5) is 5.95 Å². The topological polar surface area (TPSA) is 84.8 Å². The number of imidazole rings is 1. The van der Waals surface area contributed by atoms with E-state index >= 15 is 0 Å². The number of nitrogens with zero attached hydrogens (tertiary/aromatic N) is 1. The van der Waals surface area contributed by atoms with Crippen LogP contribution < -0.4 is 19.5 Å². The van der Waals surface area contributed by atoms with Crippen LogP contribution >= 0.6 is 0 Å². The molecular weight excluding hydrogens is 468 g/mol. The lowest BCUT2D eigenvalue weighted by atomic mass is 10.0. The van der Waals surface area contributed by atoms with E-state index in [2.05, 4.69) is 46.9 Å². The molecule has 0 unspecified atom stereocenters. The van der Waals surface area contributed by atoms with E-state index in [0.29, 0.717) is 17.6 Å². The summed E-state index contributed by atoms with van der Waals surface area (Å²) in [4.78, 5) is 18.0. The Kier molecular flexibility index (Phi) is 7.58. The highest BCUT2D eigenvalue weighted by molar-refractivity contribution is 6.01. The lowest BCUT2D eigenvalue weighted by Gasteiger charge is -2.23. The number of carbonyl (C=O) groups excluding carboxylic acids is 1. The Labute approximate surface area is 217 Å². The second-order valence-corrected chi connectivity index (χ2v) is 9.96. The van der Waals surface area contributed by atoms with E-state index < -0.39 is 0 Å². The Balaban J connectivity index is 1.28. The number of H-pyrrole nitrogens is 1. The van der Waals surface area contributed by atoms with Crippen molar-refractivity contribution >= 4 is 22.9 Å². The number of hydrogen-bond donors (Lipinski definition) is 3. The zero-order chi connectivity index (χ0) is 25.8. The maximum absolute atomic E-state index is 13.1. The highest BCUT2D eigenvalue weighted by atomic mass is 16.5. The van der Waals surface area contributed by atoms with Gasteiger partial charge in [-0.25, -0.2) is 19.7 Å². The third-order valence-electron chi connectivity index (χ3n) is 6.89. The molecule has 8 heteroatoms. The molecule has 0 atom stereocenters. The summed E-state index contributed by atoms with van der Waals surface area (Å²) in [6, 6.07) is 17.8. The van der Waals surface area contributed by atoms with E-state index in [0.717, 1.165) is 67.3 Å². The number of para-hydroxylation sites is 2. The molecule has 4 aromatic rings. The van der Waals surface area contributed by atoms with Gasteiger partial charge in [-0.05, 0) is 54.3 Å². The van der Waals surface area contributed by atoms with Crippen LogP contribution in [0.2, 0.25) is 0 Å². The Hall–Kier alpha value is -3.62. The first-order valence-corrected chi connectivity index (χ1v) is 13.0. The lowest BCUT2D eigenvalue weighted by molar-refractivity contribution is -0.923. The molecule has 0 aliphatic carbocycles. The van der Waals surface area contributed by atoms with E-state index in [-0.39, 0.29) is 18.3 Å². The zero-order valence-electron chi connectivity index (χ0n) is 21.8. The fourth-order valence-electron chi connectivity index (χ4n) is 4.78. The number of rotatable bonds is 9. The number of aryl methyl sites for hydroxylation is 1. The molecule has 1 aliphatic heterocycles. The number of nitrogens with one attached hydrogen (secondary N) is 3. The summed E-state index contributed by atoms with van der Waals surface area (Å²) in [6.07, 6.45) is 0. The number of carbonyl (C=O) groups is 1. The first kappa shape index (κ1) is 25.0. The Bertz CT molecular complexity index is 1370.